The molecule has 2 heterocycles. The Hall–Kier alpha value is -2.94. The minimum atomic E-state index is -0.840. The van der Waals surface area contributed by atoms with E-state index in [0.29, 0.717) is 17.9 Å². The fourth-order valence-electron chi connectivity index (χ4n) is 5.94. The summed E-state index contributed by atoms with van der Waals surface area (Å²) in [4.78, 5) is 50.6. The van der Waals surface area contributed by atoms with Crippen molar-refractivity contribution in [2.24, 2.45) is 5.92 Å². The van der Waals surface area contributed by atoms with E-state index in [1.165, 1.54) is 12.8 Å². The monoisotopic (exact) mass is 482 g/mol. The average molecular weight is 483 g/mol. The molecule has 9 heteroatoms. The average Bonchev–Trinajstić information content (AvgIpc) is 3.62. The zero-order chi connectivity index (χ0) is 24.5. The number of carbonyl (C=O) groups is 4. The van der Waals surface area contributed by atoms with Crippen LogP contribution in [0.25, 0.3) is 0 Å². The van der Waals surface area contributed by atoms with Gasteiger partial charge in [0.1, 0.15) is 6.04 Å². The molecule has 2 aliphatic heterocycles. The van der Waals surface area contributed by atoms with Crippen LogP contribution in [0.4, 0.5) is 5.69 Å². The van der Waals surface area contributed by atoms with E-state index in [4.69, 9.17) is 5.11 Å². The summed E-state index contributed by atoms with van der Waals surface area (Å²) in [5.41, 5.74) is 2.58. The zero-order valence-electron chi connectivity index (χ0n) is 19.9. The number of carboxylic acids is 1. The molecule has 5 rings (SSSR count). The zero-order valence-corrected chi connectivity index (χ0v) is 19.9. The van der Waals surface area contributed by atoms with Crippen LogP contribution in [0.3, 0.4) is 0 Å². The number of fused-ring (bicyclic) bond motifs is 1. The lowest BCUT2D eigenvalue weighted by Gasteiger charge is -2.35. The third kappa shape index (κ3) is 5.19. The number of carbonyl (C=O) groups excluding carboxylic acids is 3. The third-order valence-electron chi connectivity index (χ3n) is 7.96. The molecular formula is C26H34N4O5. The quantitative estimate of drug-likeness (QED) is 0.398. The van der Waals surface area contributed by atoms with E-state index in [-0.39, 0.29) is 48.8 Å². The number of piperidine rings is 1. The summed E-state index contributed by atoms with van der Waals surface area (Å²) < 4.78 is 0. The summed E-state index contributed by atoms with van der Waals surface area (Å²) >= 11 is 0. The number of imide groups is 1. The van der Waals surface area contributed by atoms with E-state index in [1.807, 2.05) is 18.2 Å². The van der Waals surface area contributed by atoms with E-state index >= 15 is 0 Å². The minimum absolute atomic E-state index is 0.0179. The van der Waals surface area contributed by atoms with Gasteiger partial charge < -0.3 is 20.6 Å². The van der Waals surface area contributed by atoms with Crippen molar-refractivity contribution in [2.75, 3.05) is 11.9 Å². The first-order valence-electron chi connectivity index (χ1n) is 12.9. The molecule has 1 aromatic rings. The number of aliphatic carboxylic acids is 1. The fraction of sp³-hybridized carbons (Fsp3) is 0.615. The summed E-state index contributed by atoms with van der Waals surface area (Å²) in [6.07, 6.45) is 8.52. The Morgan fingerprint density at radius 2 is 1.74 bits per heavy atom. The SMILES string of the molecule is O=C(O)CNC1CCC(Nc2cccc3c2[C@@H](CCC2CC2)N([C@@H]2CCC(=O)NC2=O)C3=O)CC1. The minimum Gasteiger partial charge on any atom is -0.480 e. The highest BCUT2D eigenvalue weighted by atomic mass is 16.4. The highest BCUT2D eigenvalue weighted by Gasteiger charge is 2.46. The third-order valence-corrected chi connectivity index (χ3v) is 7.96. The molecule has 1 aromatic carbocycles. The van der Waals surface area contributed by atoms with Crippen LogP contribution < -0.4 is 16.0 Å². The Kier molecular flexibility index (Phi) is 6.77. The van der Waals surface area contributed by atoms with Crippen LogP contribution in [0.1, 0.15) is 86.2 Å². The van der Waals surface area contributed by atoms with Gasteiger partial charge in [0.2, 0.25) is 11.8 Å². The maximum Gasteiger partial charge on any atom is 0.317 e. The highest BCUT2D eigenvalue weighted by Crippen LogP contribution is 2.46. The lowest BCUT2D eigenvalue weighted by molar-refractivity contribution is -0.138. The van der Waals surface area contributed by atoms with Crippen LogP contribution in [0.5, 0.6) is 0 Å². The molecule has 4 N–H and O–H groups in total. The molecule has 0 unspecified atom stereocenters. The molecule has 2 saturated carbocycles. The molecule has 9 nitrogen and oxygen atoms in total. The van der Waals surface area contributed by atoms with Gasteiger partial charge in [-0.1, -0.05) is 18.9 Å². The number of hydrogen-bond donors (Lipinski definition) is 4. The Morgan fingerprint density at radius 3 is 2.43 bits per heavy atom. The Bertz CT molecular complexity index is 1010. The molecule has 4 aliphatic rings. The van der Waals surface area contributed by atoms with Gasteiger partial charge in [0, 0.05) is 35.3 Å². The van der Waals surface area contributed by atoms with Crippen molar-refractivity contribution < 1.29 is 24.3 Å². The van der Waals surface area contributed by atoms with E-state index in [1.54, 1.807) is 4.90 Å². The van der Waals surface area contributed by atoms with Crippen molar-refractivity contribution in [1.82, 2.24) is 15.5 Å². The molecule has 2 aliphatic carbocycles. The van der Waals surface area contributed by atoms with Gasteiger partial charge in [-0.15, -0.1) is 0 Å². The Morgan fingerprint density at radius 1 is 1.00 bits per heavy atom. The number of nitrogens with one attached hydrogen (secondary N) is 3. The number of anilines is 1. The standard InChI is InChI=1S/C26H34N4O5/c31-22-13-12-21(25(34)29-22)30-20(11-6-15-4-5-15)24-18(26(30)35)2-1-3-19(24)28-17-9-7-16(8-10-17)27-14-23(32)33/h1-3,15-17,20-21,27-28H,4-14H2,(H,32,33)(H,29,31,34)/t16?,17?,20-,21-/m1/s1. The Labute approximate surface area is 205 Å². The van der Waals surface area contributed by atoms with Gasteiger partial charge >= 0.3 is 5.97 Å². The van der Waals surface area contributed by atoms with Crippen molar-refractivity contribution in [3.05, 3.63) is 29.3 Å². The van der Waals surface area contributed by atoms with Crippen LogP contribution in [0.2, 0.25) is 0 Å². The van der Waals surface area contributed by atoms with Gasteiger partial charge in [0.15, 0.2) is 0 Å². The molecule has 0 bridgehead atoms. The number of amides is 3. The number of benzene rings is 1. The molecule has 0 aromatic heterocycles. The predicted octanol–water partition coefficient (Wildman–Crippen LogP) is 2.58. The summed E-state index contributed by atoms with van der Waals surface area (Å²) in [6, 6.07) is 5.42. The molecule has 188 valence electrons. The predicted molar refractivity (Wildman–Crippen MR) is 129 cm³/mol. The van der Waals surface area contributed by atoms with Crippen molar-refractivity contribution in [1.29, 1.82) is 0 Å². The van der Waals surface area contributed by atoms with Crippen molar-refractivity contribution >= 4 is 29.4 Å². The summed E-state index contributed by atoms with van der Waals surface area (Å²) in [6.45, 7) is -0.0179. The number of hydrogen-bond acceptors (Lipinski definition) is 6. The molecule has 1 saturated heterocycles. The second kappa shape index (κ2) is 9.97. The maximum absolute atomic E-state index is 13.6. The molecule has 3 fully saturated rings. The summed E-state index contributed by atoms with van der Waals surface area (Å²) in [5, 5.41) is 18.1. The fourth-order valence-corrected chi connectivity index (χ4v) is 5.94. The van der Waals surface area contributed by atoms with Crippen LogP contribution >= 0.6 is 0 Å². The van der Waals surface area contributed by atoms with Gasteiger partial charge in [-0.3, -0.25) is 24.5 Å². The lowest BCUT2D eigenvalue weighted by atomic mass is 9.90. The summed E-state index contributed by atoms with van der Waals surface area (Å²) in [7, 11) is 0. The topological polar surface area (TPSA) is 128 Å². The molecule has 35 heavy (non-hydrogen) atoms. The number of carboxylic acid groups (broad SMARTS) is 1. The smallest absolute Gasteiger partial charge is 0.317 e. The van der Waals surface area contributed by atoms with E-state index in [2.05, 4.69) is 16.0 Å². The molecule has 3 amide bonds. The Balaban J connectivity index is 1.34. The van der Waals surface area contributed by atoms with Crippen LogP contribution in [0, 0.1) is 5.92 Å². The van der Waals surface area contributed by atoms with Gasteiger partial charge in [-0.2, -0.15) is 0 Å². The first-order valence-corrected chi connectivity index (χ1v) is 12.9. The second-order valence-corrected chi connectivity index (χ2v) is 10.5. The lowest BCUT2D eigenvalue weighted by Crippen LogP contribution is -2.53. The van der Waals surface area contributed by atoms with Gasteiger partial charge in [0.05, 0.1) is 12.6 Å². The normalized spacial score (nSPS) is 28.6. The molecular weight excluding hydrogens is 448 g/mol. The molecule has 0 radical (unpaired) electrons. The van der Waals surface area contributed by atoms with Crippen LogP contribution in [0.15, 0.2) is 18.2 Å². The van der Waals surface area contributed by atoms with Gasteiger partial charge in [-0.25, -0.2) is 0 Å². The van der Waals surface area contributed by atoms with Crippen molar-refractivity contribution in [2.45, 2.75) is 88.4 Å². The summed E-state index contributed by atoms with van der Waals surface area (Å²) in [5.74, 6) is -0.916. The van der Waals surface area contributed by atoms with Crippen molar-refractivity contribution in [3.63, 3.8) is 0 Å². The number of nitrogens with zero attached hydrogens (tertiary/aromatic N) is 1. The largest absolute Gasteiger partial charge is 0.480 e. The first-order chi connectivity index (χ1) is 16.9. The van der Waals surface area contributed by atoms with Crippen LogP contribution in [-0.4, -0.2) is 58.4 Å². The van der Waals surface area contributed by atoms with Crippen molar-refractivity contribution in [3.8, 4) is 0 Å². The van der Waals surface area contributed by atoms with E-state index in [9.17, 15) is 19.2 Å². The molecule has 2 atom stereocenters. The van der Waals surface area contributed by atoms with E-state index < -0.39 is 12.0 Å². The van der Waals surface area contributed by atoms with Gasteiger partial charge in [0.25, 0.3) is 5.91 Å². The number of rotatable bonds is 9. The van der Waals surface area contributed by atoms with Crippen LogP contribution in [-0.2, 0) is 14.4 Å². The van der Waals surface area contributed by atoms with Gasteiger partial charge in [-0.05, 0) is 63.0 Å². The highest BCUT2D eigenvalue weighted by molar-refractivity contribution is 6.06. The maximum atomic E-state index is 13.6. The molecule has 0 spiro atoms. The van der Waals surface area contributed by atoms with E-state index in [0.717, 1.165) is 49.8 Å². The first kappa shape index (κ1) is 23.8. The second-order valence-electron chi connectivity index (χ2n) is 10.5.